The van der Waals surface area contributed by atoms with Crippen molar-refractivity contribution in [3.63, 3.8) is 0 Å². The highest BCUT2D eigenvalue weighted by molar-refractivity contribution is 5.20. The first-order valence-corrected chi connectivity index (χ1v) is 3.55. The van der Waals surface area contributed by atoms with Gasteiger partial charge in [-0.15, -0.1) is 0 Å². The van der Waals surface area contributed by atoms with Gasteiger partial charge in [-0.2, -0.15) is 9.99 Å². The van der Waals surface area contributed by atoms with Gasteiger partial charge in [0.2, 0.25) is 0 Å². The molecule has 0 bridgehead atoms. The highest BCUT2D eigenvalue weighted by Gasteiger charge is 2.41. The van der Waals surface area contributed by atoms with Gasteiger partial charge in [0.1, 0.15) is 6.10 Å². The van der Waals surface area contributed by atoms with Crippen LogP contribution in [0.15, 0.2) is 24.5 Å². The van der Waals surface area contributed by atoms with Gasteiger partial charge in [0.25, 0.3) is 0 Å². The van der Waals surface area contributed by atoms with Crippen LogP contribution >= 0.6 is 0 Å². The Labute approximate surface area is 69.2 Å². The van der Waals surface area contributed by atoms with Crippen LogP contribution in [-0.4, -0.2) is 6.10 Å². The van der Waals surface area contributed by atoms with Crippen molar-refractivity contribution < 1.29 is 9.47 Å². The van der Waals surface area contributed by atoms with Crippen molar-refractivity contribution >= 4 is 0 Å². The molecule has 1 aliphatic heterocycles. The number of rotatable bonds is 1. The largest absolute Gasteiger partial charge is 0.619 e. The van der Waals surface area contributed by atoms with Crippen LogP contribution in [0.25, 0.3) is 0 Å². The van der Waals surface area contributed by atoms with Crippen LogP contribution in [0.3, 0.4) is 0 Å². The maximum Gasteiger partial charge on any atom is 0.186 e. The summed E-state index contributed by atoms with van der Waals surface area (Å²) in [6.07, 6.45) is 2.25. The van der Waals surface area contributed by atoms with Crippen LogP contribution < -0.4 is 4.73 Å². The quantitative estimate of drug-likeness (QED) is 0.338. The molecule has 2 atom stereocenters. The number of nitrogens with zero attached hydrogens (tertiary/aromatic N) is 2. The molecular weight excluding hydrogens is 156 g/mol. The van der Waals surface area contributed by atoms with E-state index in [1.807, 2.05) is 6.07 Å². The van der Waals surface area contributed by atoms with E-state index < -0.39 is 0 Å². The first-order valence-electron chi connectivity index (χ1n) is 3.55. The average Bonchev–Trinajstić information content (AvgIpc) is 2.83. The average molecular weight is 162 g/mol. The van der Waals surface area contributed by atoms with Crippen LogP contribution in [-0.2, 0) is 4.74 Å². The normalized spacial score (nSPS) is 26.2. The monoisotopic (exact) mass is 162 g/mol. The van der Waals surface area contributed by atoms with Gasteiger partial charge in [0.15, 0.2) is 18.5 Å². The SMILES string of the molecule is N#C[C@H]1O[C@@H]1c1ccc[n+]([O-])c1. The highest BCUT2D eigenvalue weighted by Crippen LogP contribution is 2.37. The molecule has 0 aliphatic carbocycles. The van der Waals surface area contributed by atoms with Crippen molar-refractivity contribution in [2.45, 2.75) is 12.2 Å². The van der Waals surface area contributed by atoms with Crippen LogP contribution in [0, 0.1) is 16.5 Å². The van der Waals surface area contributed by atoms with E-state index >= 15 is 0 Å². The van der Waals surface area contributed by atoms with Crippen LogP contribution in [0.1, 0.15) is 11.7 Å². The Kier molecular flexibility index (Phi) is 1.45. The number of pyridine rings is 1. The molecule has 12 heavy (non-hydrogen) atoms. The van der Waals surface area contributed by atoms with E-state index in [0.717, 1.165) is 5.56 Å². The second kappa shape index (κ2) is 2.47. The van der Waals surface area contributed by atoms with Gasteiger partial charge in [-0.25, -0.2) is 0 Å². The zero-order chi connectivity index (χ0) is 8.55. The molecule has 2 rings (SSSR count). The zero-order valence-electron chi connectivity index (χ0n) is 6.18. The third kappa shape index (κ3) is 1.11. The molecular formula is C8H6N2O2. The third-order valence-corrected chi connectivity index (χ3v) is 1.75. The number of aromatic nitrogens is 1. The summed E-state index contributed by atoms with van der Waals surface area (Å²) in [5, 5.41) is 19.2. The van der Waals surface area contributed by atoms with E-state index in [-0.39, 0.29) is 12.2 Å². The molecule has 0 amide bonds. The summed E-state index contributed by atoms with van der Waals surface area (Å²) < 4.78 is 5.69. The molecule has 0 unspecified atom stereocenters. The van der Waals surface area contributed by atoms with Crippen molar-refractivity contribution in [2.24, 2.45) is 0 Å². The fourth-order valence-electron chi connectivity index (χ4n) is 1.10. The molecule has 1 fully saturated rings. The van der Waals surface area contributed by atoms with Crippen molar-refractivity contribution in [1.29, 1.82) is 5.26 Å². The van der Waals surface area contributed by atoms with Gasteiger partial charge in [-0.1, -0.05) is 0 Å². The molecule has 1 aliphatic rings. The standard InChI is InChI=1S/C8H6N2O2/c9-4-7-8(12-7)6-2-1-3-10(11)5-6/h1-3,5,7-8H/t7-,8-/m1/s1. The van der Waals surface area contributed by atoms with Crippen LogP contribution in [0.5, 0.6) is 0 Å². The summed E-state index contributed by atoms with van der Waals surface area (Å²) >= 11 is 0. The molecule has 1 saturated heterocycles. The molecule has 2 heterocycles. The Balaban J connectivity index is 2.21. The van der Waals surface area contributed by atoms with Gasteiger partial charge < -0.3 is 9.94 Å². The number of epoxide rings is 1. The summed E-state index contributed by atoms with van der Waals surface area (Å²) in [6.45, 7) is 0. The predicted octanol–water partition coefficient (Wildman–Crippen LogP) is 0.283. The predicted molar refractivity (Wildman–Crippen MR) is 38.6 cm³/mol. The molecule has 0 spiro atoms. The third-order valence-electron chi connectivity index (χ3n) is 1.75. The second-order valence-electron chi connectivity index (χ2n) is 2.60. The summed E-state index contributed by atoms with van der Waals surface area (Å²) in [5.74, 6) is 0. The van der Waals surface area contributed by atoms with E-state index in [0.29, 0.717) is 4.73 Å². The topological polar surface area (TPSA) is 63.3 Å². The van der Waals surface area contributed by atoms with Crippen LogP contribution in [0.4, 0.5) is 0 Å². The molecule has 4 nitrogen and oxygen atoms in total. The molecule has 0 aromatic carbocycles. The van der Waals surface area contributed by atoms with Gasteiger partial charge in [-0.3, -0.25) is 0 Å². The van der Waals surface area contributed by atoms with E-state index in [9.17, 15) is 5.21 Å². The molecule has 60 valence electrons. The van der Waals surface area contributed by atoms with Crippen molar-refractivity contribution in [3.8, 4) is 6.07 Å². The lowest BCUT2D eigenvalue weighted by molar-refractivity contribution is -0.605. The van der Waals surface area contributed by atoms with Gasteiger partial charge >= 0.3 is 0 Å². The summed E-state index contributed by atoms with van der Waals surface area (Å²) in [6, 6.07) is 5.38. The Morgan fingerprint density at radius 3 is 3.08 bits per heavy atom. The number of hydrogen-bond acceptors (Lipinski definition) is 3. The molecule has 4 heteroatoms. The van der Waals surface area contributed by atoms with Gasteiger partial charge in [0.05, 0.1) is 6.07 Å². The molecule has 1 aromatic heterocycles. The van der Waals surface area contributed by atoms with Crippen molar-refractivity contribution in [2.75, 3.05) is 0 Å². The molecule has 1 aromatic rings. The fraction of sp³-hybridized carbons (Fsp3) is 0.250. The lowest BCUT2D eigenvalue weighted by Crippen LogP contribution is -2.24. The first-order chi connectivity index (χ1) is 5.81. The van der Waals surface area contributed by atoms with E-state index in [4.69, 9.17) is 10.00 Å². The number of ether oxygens (including phenoxy) is 1. The summed E-state index contributed by atoms with van der Waals surface area (Å²) in [7, 11) is 0. The van der Waals surface area contributed by atoms with E-state index in [1.54, 1.807) is 12.1 Å². The lowest BCUT2D eigenvalue weighted by atomic mass is 10.2. The van der Waals surface area contributed by atoms with Crippen molar-refractivity contribution in [3.05, 3.63) is 35.3 Å². The Bertz CT molecular complexity index is 345. The maximum atomic E-state index is 10.8. The molecule has 0 saturated carbocycles. The second-order valence-corrected chi connectivity index (χ2v) is 2.60. The Morgan fingerprint density at radius 2 is 2.50 bits per heavy atom. The lowest BCUT2D eigenvalue weighted by Gasteiger charge is -1.95. The molecule has 0 N–H and O–H groups in total. The van der Waals surface area contributed by atoms with E-state index in [1.165, 1.54) is 12.4 Å². The van der Waals surface area contributed by atoms with Gasteiger partial charge in [-0.05, 0) is 6.07 Å². The Morgan fingerprint density at radius 1 is 1.67 bits per heavy atom. The zero-order valence-corrected chi connectivity index (χ0v) is 6.18. The smallest absolute Gasteiger partial charge is 0.186 e. The van der Waals surface area contributed by atoms with E-state index in [2.05, 4.69) is 0 Å². The van der Waals surface area contributed by atoms with Crippen molar-refractivity contribution in [1.82, 2.24) is 0 Å². The maximum absolute atomic E-state index is 10.8. The summed E-state index contributed by atoms with van der Waals surface area (Å²) in [5.41, 5.74) is 0.763. The summed E-state index contributed by atoms with van der Waals surface area (Å²) in [4.78, 5) is 0. The Hall–Kier alpha value is -1.60. The number of hydrogen-bond donors (Lipinski definition) is 0. The van der Waals surface area contributed by atoms with Crippen LogP contribution in [0.2, 0.25) is 0 Å². The minimum Gasteiger partial charge on any atom is -0.619 e. The fourth-order valence-corrected chi connectivity index (χ4v) is 1.10. The minimum absolute atomic E-state index is 0.198. The molecule has 0 radical (unpaired) electrons. The van der Waals surface area contributed by atoms with Gasteiger partial charge in [0, 0.05) is 11.6 Å². The minimum atomic E-state index is -0.368. The number of nitriles is 1. The first kappa shape index (κ1) is 7.07. The highest BCUT2D eigenvalue weighted by atomic mass is 16.6.